The third-order valence-electron chi connectivity index (χ3n) is 6.14. The highest BCUT2D eigenvalue weighted by molar-refractivity contribution is 7.90. The van der Waals surface area contributed by atoms with Gasteiger partial charge < -0.3 is 15.0 Å². The van der Waals surface area contributed by atoms with E-state index in [2.05, 4.69) is 5.32 Å². The zero-order valence-electron chi connectivity index (χ0n) is 22.4. The van der Waals surface area contributed by atoms with E-state index >= 15 is 0 Å². The fourth-order valence-corrected chi connectivity index (χ4v) is 5.11. The molecule has 0 unspecified atom stereocenters. The first-order valence-electron chi connectivity index (χ1n) is 12.2. The molecular weight excluding hydrogens is 523 g/mol. The Morgan fingerprint density at radius 2 is 1.59 bits per heavy atom. The van der Waals surface area contributed by atoms with E-state index in [1.54, 1.807) is 24.3 Å². The normalized spacial score (nSPS) is 12.1. The minimum atomic E-state index is -4.28. The Morgan fingerprint density at radius 3 is 2.21 bits per heavy atom. The van der Waals surface area contributed by atoms with Gasteiger partial charge >= 0.3 is 10.2 Å². The first-order valence-corrected chi connectivity index (χ1v) is 13.6. The molecule has 0 saturated carbocycles. The molecule has 9 nitrogen and oxygen atoms in total. The van der Waals surface area contributed by atoms with Gasteiger partial charge in [-0.3, -0.25) is 9.59 Å². The average molecular weight is 557 g/mol. The van der Waals surface area contributed by atoms with Gasteiger partial charge in [0.1, 0.15) is 24.2 Å². The third-order valence-corrected chi connectivity index (χ3v) is 7.95. The Kier molecular flexibility index (Phi) is 10.0. The van der Waals surface area contributed by atoms with E-state index in [0.29, 0.717) is 15.6 Å². The number of carbonyl (C=O) groups excluding carboxylic acids is 2. The molecule has 0 aromatic heterocycles. The number of ether oxygens (including phenoxy) is 1. The molecule has 0 bridgehead atoms. The number of anilines is 1. The standard InChI is InChI=1S/C28H33FN4O5S/c1-30-28(35)26(18-21-11-6-5-7-12-21)32(19-22-13-10-14-23(17-22)38-4)27(34)20-33(39(36,37)31(2)3)25-16-9-8-15-24(25)29/h5-17,26H,18-20H2,1-4H3,(H,30,35)/t26-/m0/s1. The second-order valence-corrected chi connectivity index (χ2v) is 11.0. The average Bonchev–Trinajstić information content (AvgIpc) is 2.94. The van der Waals surface area contributed by atoms with Gasteiger partial charge in [0, 0.05) is 34.1 Å². The quantitative estimate of drug-likeness (QED) is 0.370. The molecule has 0 aliphatic carbocycles. The van der Waals surface area contributed by atoms with Crippen LogP contribution in [0.5, 0.6) is 5.75 Å². The van der Waals surface area contributed by atoms with E-state index in [9.17, 15) is 22.4 Å². The van der Waals surface area contributed by atoms with E-state index in [0.717, 1.165) is 15.9 Å². The first-order chi connectivity index (χ1) is 18.6. The number of rotatable bonds is 12. The third kappa shape index (κ3) is 7.33. The molecule has 3 aromatic carbocycles. The summed E-state index contributed by atoms with van der Waals surface area (Å²) >= 11 is 0. The zero-order chi connectivity index (χ0) is 28.6. The number of hydrogen-bond donors (Lipinski definition) is 1. The van der Waals surface area contributed by atoms with Crippen molar-refractivity contribution in [3.05, 3.63) is 95.8 Å². The minimum absolute atomic E-state index is 0.0198. The number of halogens is 1. The molecule has 0 radical (unpaired) electrons. The summed E-state index contributed by atoms with van der Waals surface area (Å²) in [6.45, 7) is -0.748. The van der Waals surface area contributed by atoms with Gasteiger partial charge in [0.15, 0.2) is 0 Å². The molecule has 3 aromatic rings. The van der Waals surface area contributed by atoms with Crippen LogP contribution in [0.25, 0.3) is 0 Å². The van der Waals surface area contributed by atoms with Crippen LogP contribution >= 0.6 is 0 Å². The number of nitrogens with one attached hydrogen (secondary N) is 1. The molecule has 3 rings (SSSR count). The molecular formula is C28H33FN4O5S. The number of para-hydroxylation sites is 1. The molecule has 0 heterocycles. The predicted octanol–water partition coefficient (Wildman–Crippen LogP) is 2.83. The van der Waals surface area contributed by atoms with Gasteiger partial charge in [-0.25, -0.2) is 8.70 Å². The Hall–Kier alpha value is -3.96. The van der Waals surface area contributed by atoms with Crippen molar-refractivity contribution in [3.8, 4) is 5.75 Å². The maximum absolute atomic E-state index is 14.8. The van der Waals surface area contributed by atoms with Crippen molar-refractivity contribution < 1.29 is 27.1 Å². The summed E-state index contributed by atoms with van der Waals surface area (Å²) in [5.41, 5.74) is 1.19. The minimum Gasteiger partial charge on any atom is -0.497 e. The topological polar surface area (TPSA) is 99.3 Å². The van der Waals surface area contributed by atoms with E-state index < -0.39 is 40.4 Å². The van der Waals surface area contributed by atoms with Crippen molar-refractivity contribution in [2.24, 2.45) is 0 Å². The van der Waals surface area contributed by atoms with Crippen molar-refractivity contribution in [1.82, 2.24) is 14.5 Å². The maximum Gasteiger partial charge on any atom is 0.304 e. The predicted molar refractivity (Wildman–Crippen MR) is 148 cm³/mol. The molecule has 1 N–H and O–H groups in total. The summed E-state index contributed by atoms with van der Waals surface area (Å²) < 4.78 is 48.2. The van der Waals surface area contributed by atoms with E-state index in [4.69, 9.17) is 4.74 Å². The van der Waals surface area contributed by atoms with Crippen molar-refractivity contribution in [1.29, 1.82) is 0 Å². The summed E-state index contributed by atoms with van der Waals surface area (Å²) in [4.78, 5) is 28.5. The van der Waals surface area contributed by atoms with Crippen LogP contribution in [0.15, 0.2) is 78.9 Å². The number of methoxy groups -OCH3 is 1. The number of amides is 2. The molecule has 11 heteroatoms. The molecule has 2 amide bonds. The lowest BCUT2D eigenvalue weighted by Gasteiger charge is -2.34. The Balaban J connectivity index is 2.09. The summed E-state index contributed by atoms with van der Waals surface area (Å²) in [6.07, 6.45) is 0.177. The van der Waals surface area contributed by atoms with E-state index in [-0.39, 0.29) is 18.7 Å². The molecule has 39 heavy (non-hydrogen) atoms. The lowest BCUT2D eigenvalue weighted by molar-refractivity contribution is -0.139. The van der Waals surface area contributed by atoms with Crippen LogP contribution in [-0.2, 0) is 32.8 Å². The summed E-state index contributed by atoms with van der Waals surface area (Å²) in [7, 11) is 1.30. The molecule has 0 aliphatic heterocycles. The van der Waals surface area contributed by atoms with E-state index in [1.807, 2.05) is 30.3 Å². The Bertz CT molecular complexity index is 1390. The van der Waals surface area contributed by atoms with Crippen molar-refractivity contribution in [2.75, 3.05) is 39.1 Å². The molecule has 0 saturated heterocycles. The second-order valence-electron chi connectivity index (χ2n) is 8.94. The van der Waals surface area contributed by atoms with Gasteiger partial charge in [-0.1, -0.05) is 54.6 Å². The lowest BCUT2D eigenvalue weighted by atomic mass is 10.0. The van der Waals surface area contributed by atoms with Crippen molar-refractivity contribution >= 4 is 27.7 Å². The smallest absolute Gasteiger partial charge is 0.304 e. The van der Waals surface area contributed by atoms with Crippen LogP contribution in [0.2, 0.25) is 0 Å². The van der Waals surface area contributed by atoms with Crippen LogP contribution < -0.4 is 14.4 Å². The van der Waals surface area contributed by atoms with E-state index in [1.165, 1.54) is 51.4 Å². The molecule has 208 valence electrons. The summed E-state index contributed by atoms with van der Waals surface area (Å²) in [5, 5.41) is 2.61. The second kappa shape index (κ2) is 13.2. The monoisotopic (exact) mass is 556 g/mol. The van der Waals surface area contributed by atoms with Gasteiger partial charge in [0.2, 0.25) is 11.8 Å². The summed E-state index contributed by atoms with van der Waals surface area (Å²) in [5.74, 6) is -1.36. The largest absolute Gasteiger partial charge is 0.497 e. The van der Waals surface area contributed by atoms with Gasteiger partial charge in [-0.05, 0) is 35.4 Å². The molecule has 0 spiro atoms. The Morgan fingerprint density at radius 1 is 0.949 bits per heavy atom. The fourth-order valence-electron chi connectivity index (χ4n) is 4.04. The van der Waals surface area contributed by atoms with Crippen LogP contribution in [-0.4, -0.2) is 70.3 Å². The molecule has 1 atom stereocenters. The van der Waals surface area contributed by atoms with Gasteiger partial charge in [-0.2, -0.15) is 12.7 Å². The highest BCUT2D eigenvalue weighted by atomic mass is 32.2. The number of nitrogens with zero attached hydrogens (tertiary/aromatic N) is 3. The zero-order valence-corrected chi connectivity index (χ0v) is 23.2. The van der Waals surface area contributed by atoms with Gasteiger partial charge in [0.25, 0.3) is 0 Å². The van der Waals surface area contributed by atoms with Gasteiger partial charge in [0.05, 0.1) is 12.8 Å². The lowest BCUT2D eigenvalue weighted by Crippen LogP contribution is -2.54. The highest BCUT2D eigenvalue weighted by Gasteiger charge is 2.35. The Labute approximate surface area is 229 Å². The molecule has 0 fully saturated rings. The molecule has 0 aliphatic rings. The van der Waals surface area contributed by atoms with Crippen LogP contribution in [0.1, 0.15) is 11.1 Å². The number of carbonyl (C=O) groups is 2. The number of likely N-dealkylation sites (N-methyl/N-ethyl adjacent to an activating group) is 1. The maximum atomic E-state index is 14.8. The van der Waals surface area contributed by atoms with Crippen LogP contribution in [0, 0.1) is 5.82 Å². The number of hydrogen-bond acceptors (Lipinski definition) is 5. The van der Waals surface area contributed by atoms with Crippen molar-refractivity contribution in [3.63, 3.8) is 0 Å². The number of benzene rings is 3. The van der Waals surface area contributed by atoms with Crippen molar-refractivity contribution in [2.45, 2.75) is 19.0 Å². The van der Waals surface area contributed by atoms with Crippen LogP contribution in [0.3, 0.4) is 0 Å². The fraction of sp³-hybridized carbons (Fsp3) is 0.286. The van der Waals surface area contributed by atoms with Crippen LogP contribution in [0.4, 0.5) is 10.1 Å². The SMILES string of the molecule is CNC(=O)[C@H](Cc1ccccc1)N(Cc1cccc(OC)c1)C(=O)CN(c1ccccc1F)S(=O)(=O)N(C)C. The first kappa shape index (κ1) is 29.6. The highest BCUT2D eigenvalue weighted by Crippen LogP contribution is 2.25. The summed E-state index contributed by atoms with van der Waals surface area (Å²) in [6, 6.07) is 20.5. The van der Waals surface area contributed by atoms with Gasteiger partial charge in [-0.15, -0.1) is 0 Å².